The maximum absolute atomic E-state index is 12.1. The average Bonchev–Trinajstić information content (AvgIpc) is 2.46. The molecule has 5 nitrogen and oxygen atoms in total. The van der Waals surface area contributed by atoms with E-state index in [0.29, 0.717) is 16.1 Å². The summed E-state index contributed by atoms with van der Waals surface area (Å²) in [6.45, 7) is 1.60. The van der Waals surface area contributed by atoms with E-state index in [4.69, 9.17) is 11.6 Å². The third-order valence-electron chi connectivity index (χ3n) is 3.05. The molecule has 2 aromatic carbocycles. The van der Waals surface area contributed by atoms with Crippen molar-refractivity contribution < 1.29 is 18.3 Å². The summed E-state index contributed by atoms with van der Waals surface area (Å²) in [5, 5.41) is 10.7. The zero-order valence-electron chi connectivity index (χ0n) is 12.2. The minimum absolute atomic E-state index is 0.0262. The van der Waals surface area contributed by atoms with Crippen molar-refractivity contribution in [2.45, 2.75) is 6.92 Å². The quantitative estimate of drug-likeness (QED) is 0.859. The lowest BCUT2D eigenvalue weighted by atomic mass is 10.1. The van der Waals surface area contributed by atoms with Crippen LogP contribution in [0.1, 0.15) is 21.5 Å². The van der Waals surface area contributed by atoms with Crippen LogP contribution in [0.25, 0.3) is 6.08 Å². The molecule has 0 bridgehead atoms. The van der Waals surface area contributed by atoms with Gasteiger partial charge in [0.15, 0.2) is 0 Å². The van der Waals surface area contributed by atoms with Crippen molar-refractivity contribution in [2.75, 3.05) is 4.72 Å². The number of anilines is 1. The summed E-state index contributed by atoms with van der Waals surface area (Å²) in [6, 6.07) is 11.2. The Kier molecular flexibility index (Phi) is 5.08. The molecule has 0 saturated carbocycles. The Labute approximate surface area is 139 Å². The van der Waals surface area contributed by atoms with E-state index < -0.39 is 16.0 Å². The van der Waals surface area contributed by atoms with Gasteiger partial charge in [0.05, 0.1) is 16.7 Å². The first-order valence-electron chi connectivity index (χ1n) is 6.58. The number of aryl methyl sites for hydroxylation is 1. The molecule has 0 aromatic heterocycles. The maximum Gasteiger partial charge on any atom is 0.338 e. The number of rotatable bonds is 5. The van der Waals surface area contributed by atoms with Gasteiger partial charge in [-0.3, -0.25) is 4.72 Å². The van der Waals surface area contributed by atoms with E-state index >= 15 is 0 Å². The molecule has 0 radical (unpaired) electrons. The Morgan fingerprint density at radius 1 is 1.17 bits per heavy atom. The molecule has 0 spiro atoms. The first-order chi connectivity index (χ1) is 10.8. The molecule has 0 unspecified atom stereocenters. The number of halogens is 1. The molecule has 0 aliphatic rings. The molecule has 0 saturated heterocycles. The molecule has 0 aliphatic heterocycles. The number of benzene rings is 2. The highest BCUT2D eigenvalue weighted by Gasteiger charge is 2.16. The van der Waals surface area contributed by atoms with Gasteiger partial charge in [-0.1, -0.05) is 35.9 Å². The van der Waals surface area contributed by atoms with E-state index in [0.717, 1.165) is 5.41 Å². The van der Waals surface area contributed by atoms with Crippen LogP contribution in [0.2, 0.25) is 5.02 Å². The second-order valence-electron chi connectivity index (χ2n) is 4.80. The highest BCUT2D eigenvalue weighted by atomic mass is 35.5. The standard InChI is InChI=1S/C16H14ClNO4S/c1-11-3-2-4-14(15(11)16(19)20)18-23(21,22)10-9-12-5-7-13(17)8-6-12/h2-10,18H,1H3,(H,19,20). The predicted octanol–water partition coefficient (Wildman–Crippen LogP) is 3.76. The second kappa shape index (κ2) is 6.85. The van der Waals surface area contributed by atoms with Gasteiger partial charge in [-0.2, -0.15) is 0 Å². The fourth-order valence-electron chi connectivity index (χ4n) is 1.97. The lowest BCUT2D eigenvalue weighted by molar-refractivity contribution is 0.0697. The fraction of sp³-hybridized carbons (Fsp3) is 0.0625. The maximum atomic E-state index is 12.1. The van der Waals surface area contributed by atoms with Crippen molar-refractivity contribution in [1.29, 1.82) is 0 Å². The number of aromatic carboxylic acids is 1. The number of hydrogen-bond donors (Lipinski definition) is 2. The minimum atomic E-state index is -3.84. The Balaban J connectivity index is 2.27. The van der Waals surface area contributed by atoms with Crippen LogP contribution >= 0.6 is 11.6 Å². The van der Waals surface area contributed by atoms with Crippen LogP contribution < -0.4 is 4.72 Å². The Morgan fingerprint density at radius 3 is 2.43 bits per heavy atom. The molecule has 0 amide bonds. The largest absolute Gasteiger partial charge is 0.478 e. The summed E-state index contributed by atoms with van der Waals surface area (Å²) in [7, 11) is -3.84. The lowest BCUT2D eigenvalue weighted by Crippen LogP contribution is -2.13. The molecule has 2 rings (SSSR count). The summed E-state index contributed by atoms with van der Waals surface area (Å²) in [5.74, 6) is -1.19. The van der Waals surface area contributed by atoms with Gasteiger partial charge in [-0.25, -0.2) is 13.2 Å². The van der Waals surface area contributed by atoms with Crippen LogP contribution in [0.15, 0.2) is 47.9 Å². The Morgan fingerprint density at radius 2 is 1.83 bits per heavy atom. The summed E-state index contributed by atoms with van der Waals surface area (Å²) < 4.78 is 26.5. The van der Waals surface area contributed by atoms with Gasteiger partial charge < -0.3 is 5.11 Å². The number of hydrogen-bond acceptors (Lipinski definition) is 3. The van der Waals surface area contributed by atoms with Crippen LogP contribution in [0.3, 0.4) is 0 Å². The second-order valence-corrected chi connectivity index (χ2v) is 6.81. The van der Waals surface area contributed by atoms with Gasteiger partial charge in [0, 0.05) is 5.02 Å². The number of carboxylic acid groups (broad SMARTS) is 1. The molecule has 0 aliphatic carbocycles. The number of nitrogens with one attached hydrogen (secondary N) is 1. The highest BCUT2D eigenvalue weighted by Crippen LogP contribution is 2.21. The van der Waals surface area contributed by atoms with E-state index in [-0.39, 0.29) is 11.3 Å². The molecule has 0 heterocycles. The SMILES string of the molecule is Cc1cccc(NS(=O)(=O)C=Cc2ccc(Cl)cc2)c1C(=O)O. The normalized spacial score (nSPS) is 11.6. The van der Waals surface area contributed by atoms with Crippen molar-refractivity contribution in [3.05, 3.63) is 69.6 Å². The van der Waals surface area contributed by atoms with Crippen molar-refractivity contribution in [3.8, 4) is 0 Å². The summed E-state index contributed by atoms with van der Waals surface area (Å²) in [5.41, 5.74) is 1.08. The van der Waals surface area contributed by atoms with Gasteiger partial charge >= 0.3 is 5.97 Å². The van der Waals surface area contributed by atoms with Gasteiger partial charge in [-0.05, 0) is 42.3 Å². The number of carboxylic acids is 1. The molecular formula is C16H14ClNO4S. The third-order valence-corrected chi connectivity index (χ3v) is 4.30. The van der Waals surface area contributed by atoms with Gasteiger partial charge in [0.1, 0.15) is 0 Å². The molecule has 7 heteroatoms. The van der Waals surface area contributed by atoms with Crippen molar-refractivity contribution in [1.82, 2.24) is 0 Å². The van der Waals surface area contributed by atoms with Crippen LogP contribution in [-0.2, 0) is 10.0 Å². The Hall–Kier alpha value is -2.31. The lowest BCUT2D eigenvalue weighted by Gasteiger charge is -2.10. The molecule has 23 heavy (non-hydrogen) atoms. The summed E-state index contributed by atoms with van der Waals surface area (Å²) in [4.78, 5) is 11.3. The van der Waals surface area contributed by atoms with Crippen LogP contribution in [0.4, 0.5) is 5.69 Å². The molecule has 2 aromatic rings. The number of carbonyl (C=O) groups is 1. The zero-order valence-corrected chi connectivity index (χ0v) is 13.7. The van der Waals surface area contributed by atoms with Gasteiger partial charge in [0.25, 0.3) is 10.0 Å². The predicted molar refractivity (Wildman–Crippen MR) is 91.2 cm³/mol. The molecule has 0 atom stereocenters. The minimum Gasteiger partial charge on any atom is -0.478 e. The number of sulfonamides is 1. The molecule has 2 N–H and O–H groups in total. The zero-order chi connectivity index (χ0) is 17.0. The van der Waals surface area contributed by atoms with Crippen molar-refractivity contribution >= 4 is 39.4 Å². The monoisotopic (exact) mass is 351 g/mol. The van der Waals surface area contributed by atoms with E-state index in [9.17, 15) is 18.3 Å². The van der Waals surface area contributed by atoms with E-state index in [1.165, 1.54) is 12.1 Å². The van der Waals surface area contributed by atoms with Gasteiger partial charge in [0.2, 0.25) is 0 Å². The van der Waals surface area contributed by atoms with Crippen LogP contribution in [-0.4, -0.2) is 19.5 Å². The van der Waals surface area contributed by atoms with Crippen molar-refractivity contribution in [2.24, 2.45) is 0 Å². The third kappa shape index (κ3) is 4.58. The average molecular weight is 352 g/mol. The molecule has 0 fully saturated rings. The first kappa shape index (κ1) is 17.1. The van der Waals surface area contributed by atoms with E-state index in [1.54, 1.807) is 43.3 Å². The molecule has 120 valence electrons. The van der Waals surface area contributed by atoms with Crippen LogP contribution in [0, 0.1) is 6.92 Å². The molecular weight excluding hydrogens is 338 g/mol. The summed E-state index contributed by atoms with van der Waals surface area (Å²) >= 11 is 5.76. The highest BCUT2D eigenvalue weighted by molar-refractivity contribution is 7.95. The van der Waals surface area contributed by atoms with E-state index in [1.807, 2.05) is 0 Å². The van der Waals surface area contributed by atoms with Crippen molar-refractivity contribution in [3.63, 3.8) is 0 Å². The first-order valence-corrected chi connectivity index (χ1v) is 8.50. The van der Waals surface area contributed by atoms with E-state index in [2.05, 4.69) is 4.72 Å². The smallest absolute Gasteiger partial charge is 0.338 e. The summed E-state index contributed by atoms with van der Waals surface area (Å²) in [6.07, 6.45) is 1.40. The van der Waals surface area contributed by atoms with Crippen LogP contribution in [0.5, 0.6) is 0 Å². The van der Waals surface area contributed by atoms with Gasteiger partial charge in [-0.15, -0.1) is 0 Å². The fourth-order valence-corrected chi connectivity index (χ4v) is 2.97. The topological polar surface area (TPSA) is 83.5 Å². The Bertz CT molecular complexity index is 858.